The van der Waals surface area contributed by atoms with Gasteiger partial charge in [-0.25, -0.2) is 0 Å². The van der Waals surface area contributed by atoms with Crippen LogP contribution in [-0.2, 0) is 0 Å². The number of rotatable bonds is 2. The Labute approximate surface area is 92.4 Å². The predicted molar refractivity (Wildman–Crippen MR) is 57.8 cm³/mol. The van der Waals surface area contributed by atoms with Gasteiger partial charge in [0.2, 0.25) is 0 Å². The molecule has 1 fully saturated rings. The molecular weight excluding hydrogens is 210 g/mol. The average Bonchev–Trinajstić information content (AvgIpc) is 2.30. The molecule has 1 aromatic carbocycles. The van der Waals surface area contributed by atoms with E-state index in [1.807, 2.05) is 0 Å². The third-order valence-corrected chi connectivity index (χ3v) is 2.55. The molecule has 0 spiro atoms. The Balaban J connectivity index is 2.07. The third kappa shape index (κ3) is 2.35. The molecule has 6 nitrogen and oxygen atoms in total. The van der Waals surface area contributed by atoms with Gasteiger partial charge in [0.1, 0.15) is 0 Å². The molecule has 0 saturated carbocycles. The van der Waals surface area contributed by atoms with Crippen molar-refractivity contribution in [1.82, 2.24) is 10.6 Å². The second-order valence-corrected chi connectivity index (χ2v) is 3.75. The quantitative estimate of drug-likeness (QED) is 0.490. The fraction of sp³-hybridized carbons (Fsp3) is 0.400. The van der Waals surface area contributed by atoms with Crippen molar-refractivity contribution >= 4 is 5.69 Å². The maximum atomic E-state index is 10.5. The second-order valence-electron chi connectivity index (χ2n) is 3.75. The molecule has 1 saturated heterocycles. The number of hydrogen-bond donors (Lipinski definition) is 3. The summed E-state index contributed by atoms with van der Waals surface area (Å²) < 4.78 is 0. The SMILES string of the molecule is O=[N+]([O-])c1ccc(C2NCC(O)CN2)cc1. The standard InChI is InChI=1S/C10H13N3O3/c14-9-5-11-10(12-6-9)7-1-3-8(4-2-7)13(15)16/h1-4,9-12,14H,5-6H2. The Hall–Kier alpha value is -1.50. The van der Waals surface area contributed by atoms with Crippen LogP contribution < -0.4 is 10.6 Å². The summed E-state index contributed by atoms with van der Waals surface area (Å²) in [7, 11) is 0. The molecule has 0 aromatic heterocycles. The van der Waals surface area contributed by atoms with Crippen molar-refractivity contribution in [2.75, 3.05) is 13.1 Å². The molecule has 0 amide bonds. The van der Waals surface area contributed by atoms with Gasteiger partial charge in [-0.1, -0.05) is 0 Å². The van der Waals surface area contributed by atoms with Crippen LogP contribution in [0.5, 0.6) is 0 Å². The molecule has 1 heterocycles. The summed E-state index contributed by atoms with van der Waals surface area (Å²) in [5.41, 5.74) is 1.01. The van der Waals surface area contributed by atoms with Crippen molar-refractivity contribution in [3.8, 4) is 0 Å². The molecule has 2 rings (SSSR count). The molecule has 3 N–H and O–H groups in total. The van der Waals surface area contributed by atoms with Gasteiger partial charge in [0.05, 0.1) is 17.2 Å². The summed E-state index contributed by atoms with van der Waals surface area (Å²) in [6.07, 6.45) is -0.432. The molecule has 16 heavy (non-hydrogen) atoms. The van der Waals surface area contributed by atoms with Crippen molar-refractivity contribution in [2.45, 2.75) is 12.3 Å². The van der Waals surface area contributed by atoms with Gasteiger partial charge in [0.15, 0.2) is 0 Å². The van der Waals surface area contributed by atoms with E-state index in [2.05, 4.69) is 10.6 Å². The first-order chi connectivity index (χ1) is 7.66. The largest absolute Gasteiger partial charge is 0.390 e. The molecule has 1 aliphatic rings. The second kappa shape index (κ2) is 4.56. The van der Waals surface area contributed by atoms with Crippen LogP contribution >= 0.6 is 0 Å². The van der Waals surface area contributed by atoms with Crippen molar-refractivity contribution < 1.29 is 10.0 Å². The molecule has 0 bridgehead atoms. The molecule has 1 aromatic rings. The van der Waals surface area contributed by atoms with E-state index in [0.29, 0.717) is 13.1 Å². The molecule has 0 radical (unpaired) electrons. The van der Waals surface area contributed by atoms with Crippen LogP contribution in [0.25, 0.3) is 0 Å². The Morgan fingerprint density at radius 2 is 1.81 bits per heavy atom. The maximum absolute atomic E-state index is 10.5. The fourth-order valence-corrected chi connectivity index (χ4v) is 1.68. The van der Waals surface area contributed by atoms with E-state index < -0.39 is 4.92 Å². The smallest absolute Gasteiger partial charge is 0.269 e. The Morgan fingerprint density at radius 1 is 1.25 bits per heavy atom. The van der Waals surface area contributed by atoms with Gasteiger partial charge in [-0.3, -0.25) is 20.7 Å². The van der Waals surface area contributed by atoms with E-state index in [-0.39, 0.29) is 18.0 Å². The van der Waals surface area contributed by atoms with Gasteiger partial charge < -0.3 is 5.11 Å². The zero-order valence-corrected chi connectivity index (χ0v) is 8.59. The van der Waals surface area contributed by atoms with Crippen molar-refractivity contribution in [1.29, 1.82) is 0 Å². The molecule has 6 heteroatoms. The lowest BCUT2D eigenvalue weighted by Gasteiger charge is -2.28. The molecule has 0 unspecified atom stereocenters. The number of nitro benzene ring substituents is 1. The minimum absolute atomic E-state index is 0.0517. The molecule has 0 aliphatic carbocycles. The summed E-state index contributed by atoms with van der Waals surface area (Å²) in [4.78, 5) is 10.1. The van der Waals surface area contributed by atoms with Gasteiger partial charge in [-0.15, -0.1) is 0 Å². The first kappa shape index (κ1) is 11.0. The number of aliphatic hydroxyl groups excluding tert-OH is 1. The lowest BCUT2D eigenvalue weighted by molar-refractivity contribution is -0.384. The highest BCUT2D eigenvalue weighted by atomic mass is 16.6. The van der Waals surface area contributed by atoms with Crippen molar-refractivity contribution in [3.63, 3.8) is 0 Å². The van der Waals surface area contributed by atoms with Gasteiger partial charge in [-0.2, -0.15) is 0 Å². The van der Waals surface area contributed by atoms with E-state index in [0.717, 1.165) is 5.56 Å². The zero-order valence-electron chi connectivity index (χ0n) is 8.59. The van der Waals surface area contributed by atoms with Crippen LogP contribution in [0.2, 0.25) is 0 Å². The summed E-state index contributed by atoms with van der Waals surface area (Å²) in [6.45, 7) is 1.04. The van der Waals surface area contributed by atoms with E-state index in [9.17, 15) is 15.2 Å². The predicted octanol–water partition coefficient (Wildman–Crippen LogP) is 0.147. The van der Waals surface area contributed by atoms with Gasteiger partial charge in [0.25, 0.3) is 5.69 Å². The normalized spacial score (nSPS) is 25.3. The highest BCUT2D eigenvalue weighted by Crippen LogP contribution is 2.17. The van der Waals surface area contributed by atoms with E-state index in [4.69, 9.17) is 0 Å². The van der Waals surface area contributed by atoms with E-state index in [1.54, 1.807) is 12.1 Å². The summed E-state index contributed by atoms with van der Waals surface area (Å²) in [6, 6.07) is 6.37. The minimum atomic E-state index is -0.421. The Morgan fingerprint density at radius 3 is 2.31 bits per heavy atom. The van der Waals surface area contributed by atoms with Crippen molar-refractivity contribution in [3.05, 3.63) is 39.9 Å². The maximum Gasteiger partial charge on any atom is 0.269 e. The number of β-amino-alcohol motifs (C(OH)–C–C–N with tert-alkyl or cyclic N) is 1. The minimum Gasteiger partial charge on any atom is -0.390 e. The number of hydrogen-bond acceptors (Lipinski definition) is 5. The lowest BCUT2D eigenvalue weighted by atomic mass is 10.1. The fourth-order valence-electron chi connectivity index (χ4n) is 1.68. The van der Waals surface area contributed by atoms with Crippen LogP contribution in [0.3, 0.4) is 0 Å². The Bertz CT molecular complexity index is 371. The number of nitrogens with one attached hydrogen (secondary N) is 2. The molecular formula is C10H13N3O3. The Kier molecular flexibility index (Phi) is 3.14. The van der Waals surface area contributed by atoms with E-state index in [1.165, 1.54) is 12.1 Å². The van der Waals surface area contributed by atoms with E-state index >= 15 is 0 Å². The van der Waals surface area contributed by atoms with Crippen LogP contribution in [0, 0.1) is 10.1 Å². The number of aliphatic hydroxyl groups is 1. The number of benzene rings is 1. The number of nitrogens with zero attached hydrogens (tertiary/aromatic N) is 1. The number of non-ortho nitro benzene ring substituents is 1. The third-order valence-electron chi connectivity index (χ3n) is 2.55. The molecule has 1 aliphatic heterocycles. The first-order valence-corrected chi connectivity index (χ1v) is 5.06. The average molecular weight is 223 g/mol. The summed E-state index contributed by atoms with van der Waals surface area (Å²) in [5.74, 6) is 0. The van der Waals surface area contributed by atoms with Gasteiger partial charge in [-0.05, 0) is 17.7 Å². The topological polar surface area (TPSA) is 87.4 Å². The monoisotopic (exact) mass is 223 g/mol. The van der Waals surface area contributed by atoms with Crippen LogP contribution in [0.4, 0.5) is 5.69 Å². The van der Waals surface area contributed by atoms with Gasteiger partial charge >= 0.3 is 0 Å². The highest BCUT2D eigenvalue weighted by molar-refractivity contribution is 5.34. The zero-order chi connectivity index (χ0) is 11.5. The van der Waals surface area contributed by atoms with Gasteiger partial charge in [0, 0.05) is 25.2 Å². The lowest BCUT2D eigenvalue weighted by Crippen LogP contribution is -2.49. The van der Waals surface area contributed by atoms with Crippen molar-refractivity contribution in [2.24, 2.45) is 0 Å². The van der Waals surface area contributed by atoms with Crippen LogP contribution in [0.1, 0.15) is 11.7 Å². The number of nitro groups is 1. The molecule has 0 atom stereocenters. The first-order valence-electron chi connectivity index (χ1n) is 5.06. The summed E-state index contributed by atoms with van der Waals surface area (Å²) >= 11 is 0. The molecule has 86 valence electrons. The van der Waals surface area contributed by atoms with Crippen LogP contribution in [-0.4, -0.2) is 29.2 Å². The van der Waals surface area contributed by atoms with Crippen LogP contribution in [0.15, 0.2) is 24.3 Å². The summed E-state index contributed by atoms with van der Waals surface area (Å²) in [5, 5.41) is 26.0. The highest BCUT2D eigenvalue weighted by Gasteiger charge is 2.19.